The van der Waals surface area contributed by atoms with E-state index in [-0.39, 0.29) is 4.47 Å². The van der Waals surface area contributed by atoms with Gasteiger partial charge in [0.05, 0.1) is 4.92 Å². The summed E-state index contributed by atoms with van der Waals surface area (Å²) in [5, 5.41) is 10.5. The molecule has 0 saturated heterocycles. The SMILES string of the molecule is Cc1cc(Br)c(C(F)F)c([N+](=O)[O-])c1. The normalized spacial score (nSPS) is 10.6. The van der Waals surface area contributed by atoms with Crippen molar-refractivity contribution in [3.8, 4) is 0 Å². The van der Waals surface area contributed by atoms with E-state index >= 15 is 0 Å². The molecule has 6 heteroatoms. The second-order valence-corrected chi connectivity index (χ2v) is 3.59. The van der Waals surface area contributed by atoms with Crippen LogP contribution < -0.4 is 0 Å². The average molecular weight is 266 g/mol. The maximum atomic E-state index is 12.4. The molecule has 0 unspecified atom stereocenters. The van der Waals surface area contributed by atoms with Crippen molar-refractivity contribution in [2.24, 2.45) is 0 Å². The molecule has 0 heterocycles. The van der Waals surface area contributed by atoms with E-state index in [4.69, 9.17) is 0 Å². The standard InChI is InChI=1S/C8H6BrF2NO2/c1-4-2-5(9)7(8(10)11)6(3-4)12(13)14/h2-3,8H,1H3. The van der Waals surface area contributed by atoms with Gasteiger partial charge in [-0.2, -0.15) is 0 Å². The number of nitrogens with zero attached hydrogens (tertiary/aromatic N) is 1. The molecule has 1 aromatic carbocycles. The predicted octanol–water partition coefficient (Wildman–Crippen LogP) is 3.60. The monoisotopic (exact) mass is 265 g/mol. The molecular formula is C8H6BrF2NO2. The van der Waals surface area contributed by atoms with Crippen LogP contribution in [0.1, 0.15) is 17.6 Å². The van der Waals surface area contributed by atoms with Crippen LogP contribution in [0.4, 0.5) is 14.5 Å². The minimum atomic E-state index is -2.86. The van der Waals surface area contributed by atoms with E-state index in [2.05, 4.69) is 15.9 Å². The molecule has 0 aliphatic carbocycles. The Kier molecular flexibility index (Phi) is 3.15. The van der Waals surface area contributed by atoms with Crippen molar-refractivity contribution < 1.29 is 13.7 Å². The van der Waals surface area contributed by atoms with Gasteiger partial charge in [-0.15, -0.1) is 0 Å². The predicted molar refractivity (Wildman–Crippen MR) is 50.5 cm³/mol. The van der Waals surface area contributed by atoms with E-state index in [9.17, 15) is 18.9 Å². The zero-order chi connectivity index (χ0) is 10.9. The zero-order valence-corrected chi connectivity index (χ0v) is 8.72. The Hall–Kier alpha value is -1.04. The third-order valence-corrected chi connectivity index (χ3v) is 2.32. The average Bonchev–Trinajstić information content (AvgIpc) is 2.01. The first-order valence-corrected chi connectivity index (χ1v) is 4.45. The van der Waals surface area contributed by atoms with E-state index in [1.165, 1.54) is 6.07 Å². The lowest BCUT2D eigenvalue weighted by Gasteiger charge is -2.05. The van der Waals surface area contributed by atoms with Crippen molar-refractivity contribution in [2.75, 3.05) is 0 Å². The van der Waals surface area contributed by atoms with Gasteiger partial charge >= 0.3 is 0 Å². The molecule has 0 aromatic heterocycles. The van der Waals surface area contributed by atoms with Crippen LogP contribution in [0, 0.1) is 17.0 Å². The van der Waals surface area contributed by atoms with E-state index in [1.54, 1.807) is 6.92 Å². The summed E-state index contributed by atoms with van der Waals surface area (Å²) in [6, 6.07) is 2.56. The van der Waals surface area contributed by atoms with Crippen molar-refractivity contribution in [3.63, 3.8) is 0 Å². The Morgan fingerprint density at radius 3 is 2.50 bits per heavy atom. The van der Waals surface area contributed by atoms with E-state index in [1.807, 2.05) is 0 Å². The van der Waals surface area contributed by atoms with Crippen molar-refractivity contribution >= 4 is 21.6 Å². The highest BCUT2D eigenvalue weighted by atomic mass is 79.9. The summed E-state index contributed by atoms with van der Waals surface area (Å²) in [6.45, 7) is 1.60. The fraction of sp³-hybridized carbons (Fsp3) is 0.250. The molecule has 0 N–H and O–H groups in total. The van der Waals surface area contributed by atoms with E-state index in [0.717, 1.165) is 6.07 Å². The molecule has 3 nitrogen and oxygen atoms in total. The highest BCUT2D eigenvalue weighted by Crippen LogP contribution is 2.36. The number of alkyl halides is 2. The molecule has 0 spiro atoms. The maximum absolute atomic E-state index is 12.4. The van der Waals surface area contributed by atoms with Crippen LogP contribution in [0.15, 0.2) is 16.6 Å². The number of hydrogen-bond acceptors (Lipinski definition) is 2. The molecule has 0 aliphatic rings. The molecule has 0 saturated carbocycles. The molecule has 14 heavy (non-hydrogen) atoms. The molecule has 76 valence electrons. The number of rotatable bonds is 2. The van der Waals surface area contributed by atoms with Gasteiger partial charge in [-0.05, 0) is 18.6 Å². The Morgan fingerprint density at radius 1 is 1.50 bits per heavy atom. The van der Waals surface area contributed by atoms with Crippen LogP contribution in [0.5, 0.6) is 0 Å². The van der Waals surface area contributed by atoms with Crippen LogP contribution in [0.3, 0.4) is 0 Å². The molecule has 1 aromatic rings. The Morgan fingerprint density at radius 2 is 2.07 bits per heavy atom. The molecular weight excluding hydrogens is 260 g/mol. The number of hydrogen-bond donors (Lipinski definition) is 0. The second kappa shape index (κ2) is 4.00. The van der Waals surface area contributed by atoms with Gasteiger partial charge < -0.3 is 0 Å². The van der Waals surface area contributed by atoms with Gasteiger partial charge in [0.1, 0.15) is 5.56 Å². The largest absolute Gasteiger partial charge is 0.279 e. The van der Waals surface area contributed by atoms with Crippen molar-refractivity contribution in [1.82, 2.24) is 0 Å². The molecule has 0 bridgehead atoms. The van der Waals surface area contributed by atoms with Crippen LogP contribution in [-0.2, 0) is 0 Å². The molecule has 0 aliphatic heterocycles. The molecule has 0 atom stereocenters. The second-order valence-electron chi connectivity index (χ2n) is 2.74. The third kappa shape index (κ3) is 2.06. The number of nitro benzene ring substituents is 1. The lowest BCUT2D eigenvalue weighted by atomic mass is 10.1. The Balaban J connectivity index is 3.44. The smallest absolute Gasteiger partial charge is 0.258 e. The topological polar surface area (TPSA) is 43.1 Å². The van der Waals surface area contributed by atoms with Crippen LogP contribution >= 0.6 is 15.9 Å². The third-order valence-electron chi connectivity index (χ3n) is 1.67. The fourth-order valence-corrected chi connectivity index (χ4v) is 1.84. The van der Waals surface area contributed by atoms with E-state index in [0.29, 0.717) is 5.56 Å². The van der Waals surface area contributed by atoms with Crippen molar-refractivity contribution in [2.45, 2.75) is 13.3 Å². The summed E-state index contributed by atoms with van der Waals surface area (Å²) >= 11 is 2.88. The molecule has 0 fully saturated rings. The summed E-state index contributed by atoms with van der Waals surface area (Å²) < 4.78 is 25.0. The summed E-state index contributed by atoms with van der Waals surface area (Å²) in [4.78, 5) is 9.68. The van der Waals surface area contributed by atoms with E-state index < -0.39 is 22.6 Å². The highest BCUT2D eigenvalue weighted by molar-refractivity contribution is 9.10. The van der Waals surface area contributed by atoms with Crippen molar-refractivity contribution in [3.05, 3.63) is 37.8 Å². The minimum absolute atomic E-state index is 0.0687. The molecule has 1 rings (SSSR count). The highest BCUT2D eigenvalue weighted by Gasteiger charge is 2.24. The van der Waals surface area contributed by atoms with Crippen LogP contribution in [0.2, 0.25) is 0 Å². The van der Waals surface area contributed by atoms with Gasteiger partial charge in [0.25, 0.3) is 12.1 Å². The van der Waals surface area contributed by atoms with Crippen LogP contribution in [0.25, 0.3) is 0 Å². The first-order valence-electron chi connectivity index (χ1n) is 3.66. The number of halogens is 3. The molecule has 0 radical (unpaired) electrons. The van der Waals surface area contributed by atoms with Gasteiger partial charge in [-0.3, -0.25) is 10.1 Å². The number of nitro groups is 1. The zero-order valence-electron chi connectivity index (χ0n) is 7.13. The fourth-order valence-electron chi connectivity index (χ4n) is 1.10. The lowest BCUT2D eigenvalue weighted by Crippen LogP contribution is -1.98. The van der Waals surface area contributed by atoms with Gasteiger partial charge in [0, 0.05) is 10.5 Å². The number of aryl methyl sites for hydroxylation is 1. The van der Waals surface area contributed by atoms with Crippen LogP contribution in [-0.4, -0.2) is 4.92 Å². The maximum Gasteiger partial charge on any atom is 0.279 e. The summed E-state index contributed by atoms with van der Waals surface area (Å²) in [6.07, 6.45) is -2.86. The minimum Gasteiger partial charge on any atom is -0.258 e. The molecule has 0 amide bonds. The summed E-state index contributed by atoms with van der Waals surface area (Å²) in [5.41, 5.74) is -0.555. The van der Waals surface area contributed by atoms with Crippen molar-refractivity contribution in [1.29, 1.82) is 0 Å². The van der Waals surface area contributed by atoms with Gasteiger partial charge in [0.2, 0.25) is 0 Å². The first kappa shape index (κ1) is 11.0. The summed E-state index contributed by atoms with van der Waals surface area (Å²) in [7, 11) is 0. The Labute approximate surface area is 87.0 Å². The van der Waals surface area contributed by atoms with Gasteiger partial charge in [0.15, 0.2) is 0 Å². The summed E-state index contributed by atoms with van der Waals surface area (Å²) in [5.74, 6) is 0. The number of benzene rings is 1. The quantitative estimate of drug-likeness (QED) is 0.606. The van der Waals surface area contributed by atoms with Gasteiger partial charge in [-0.25, -0.2) is 8.78 Å². The first-order chi connectivity index (χ1) is 6.43. The Bertz CT molecular complexity index is 382. The lowest BCUT2D eigenvalue weighted by molar-refractivity contribution is -0.386. The van der Waals surface area contributed by atoms with Gasteiger partial charge in [-0.1, -0.05) is 15.9 Å².